The fourth-order valence-electron chi connectivity index (χ4n) is 1.89. The van der Waals surface area contributed by atoms with Gasteiger partial charge in [0.25, 0.3) is 0 Å². The molecule has 0 aromatic heterocycles. The summed E-state index contributed by atoms with van der Waals surface area (Å²) in [5.74, 6) is 0.506. The van der Waals surface area contributed by atoms with Crippen LogP contribution in [0.15, 0.2) is 24.3 Å². The van der Waals surface area contributed by atoms with E-state index in [9.17, 15) is 0 Å². The average molecular weight is 217 g/mol. The molecule has 1 saturated heterocycles. The second kappa shape index (κ2) is 3.81. The molecular formula is C13H19N3. The number of nitrogens with one attached hydrogen (secondary N) is 2. The lowest BCUT2D eigenvalue weighted by Gasteiger charge is -2.23. The summed E-state index contributed by atoms with van der Waals surface area (Å²) in [7, 11) is 0. The molecule has 0 saturated carbocycles. The van der Waals surface area contributed by atoms with Gasteiger partial charge >= 0.3 is 0 Å². The van der Waals surface area contributed by atoms with Crippen LogP contribution >= 0.6 is 0 Å². The quantitative estimate of drug-likeness (QED) is 0.758. The third kappa shape index (κ3) is 2.03. The molecular weight excluding hydrogens is 198 g/mol. The van der Waals surface area contributed by atoms with Gasteiger partial charge in [0.2, 0.25) is 0 Å². The molecule has 1 aliphatic heterocycles. The van der Waals surface area contributed by atoms with Gasteiger partial charge in [-0.1, -0.05) is 32.9 Å². The van der Waals surface area contributed by atoms with Crippen LogP contribution in [0.4, 0.5) is 5.69 Å². The van der Waals surface area contributed by atoms with Crippen LogP contribution in [0.1, 0.15) is 26.3 Å². The van der Waals surface area contributed by atoms with Gasteiger partial charge in [-0.3, -0.25) is 5.41 Å². The maximum atomic E-state index is 7.78. The van der Waals surface area contributed by atoms with Gasteiger partial charge in [-0.05, 0) is 23.1 Å². The van der Waals surface area contributed by atoms with Crippen LogP contribution in [-0.4, -0.2) is 19.0 Å². The molecule has 86 valence electrons. The standard InChI is InChI=1S/C13H19N3/c1-13(2,3)10-5-4-6-11(9-10)16-8-7-15-12(16)14/h4-6,9H,7-8H2,1-3H3,(H2,14,15). The number of anilines is 1. The van der Waals surface area contributed by atoms with Gasteiger partial charge in [0.1, 0.15) is 0 Å². The first-order chi connectivity index (χ1) is 7.48. The number of benzene rings is 1. The van der Waals surface area contributed by atoms with Crippen molar-refractivity contribution >= 4 is 11.6 Å². The maximum absolute atomic E-state index is 7.78. The molecule has 3 nitrogen and oxygen atoms in total. The third-order valence-electron chi connectivity index (χ3n) is 2.92. The maximum Gasteiger partial charge on any atom is 0.195 e. The molecule has 0 atom stereocenters. The molecule has 3 heteroatoms. The molecule has 0 spiro atoms. The van der Waals surface area contributed by atoms with Crippen molar-refractivity contribution in [1.82, 2.24) is 5.32 Å². The lowest BCUT2D eigenvalue weighted by Crippen LogP contribution is -2.28. The van der Waals surface area contributed by atoms with E-state index in [-0.39, 0.29) is 5.41 Å². The van der Waals surface area contributed by atoms with Crippen LogP contribution in [0.2, 0.25) is 0 Å². The minimum absolute atomic E-state index is 0.158. The summed E-state index contributed by atoms with van der Waals surface area (Å²) in [6.45, 7) is 8.37. The van der Waals surface area contributed by atoms with Crippen molar-refractivity contribution in [2.45, 2.75) is 26.2 Å². The van der Waals surface area contributed by atoms with Gasteiger partial charge in [-0.2, -0.15) is 0 Å². The normalized spacial score (nSPS) is 16.4. The van der Waals surface area contributed by atoms with Gasteiger partial charge in [-0.25, -0.2) is 0 Å². The number of hydrogen-bond acceptors (Lipinski definition) is 1. The van der Waals surface area contributed by atoms with Crippen LogP contribution in [0.5, 0.6) is 0 Å². The highest BCUT2D eigenvalue weighted by molar-refractivity contribution is 5.95. The van der Waals surface area contributed by atoms with Crippen molar-refractivity contribution in [2.75, 3.05) is 18.0 Å². The van der Waals surface area contributed by atoms with Crippen molar-refractivity contribution in [1.29, 1.82) is 5.41 Å². The van der Waals surface area contributed by atoms with Gasteiger partial charge < -0.3 is 10.2 Å². The zero-order valence-electron chi connectivity index (χ0n) is 10.2. The molecule has 1 heterocycles. The third-order valence-corrected chi connectivity index (χ3v) is 2.92. The molecule has 0 amide bonds. The number of guanidine groups is 1. The van der Waals surface area contributed by atoms with Crippen LogP contribution in [-0.2, 0) is 5.41 Å². The molecule has 1 fully saturated rings. The van der Waals surface area contributed by atoms with Crippen molar-refractivity contribution in [3.8, 4) is 0 Å². The van der Waals surface area contributed by atoms with E-state index >= 15 is 0 Å². The summed E-state index contributed by atoms with van der Waals surface area (Å²) in [4.78, 5) is 2.01. The Hall–Kier alpha value is -1.51. The number of hydrogen-bond donors (Lipinski definition) is 2. The van der Waals surface area contributed by atoms with Crippen molar-refractivity contribution in [3.05, 3.63) is 29.8 Å². The summed E-state index contributed by atoms with van der Waals surface area (Å²) in [6, 6.07) is 8.47. The molecule has 2 N–H and O–H groups in total. The van der Waals surface area contributed by atoms with Crippen LogP contribution in [0.3, 0.4) is 0 Å². The Morgan fingerprint density at radius 2 is 2.06 bits per heavy atom. The Morgan fingerprint density at radius 1 is 1.31 bits per heavy atom. The highest BCUT2D eigenvalue weighted by atomic mass is 15.3. The predicted molar refractivity (Wildman–Crippen MR) is 68.2 cm³/mol. The fraction of sp³-hybridized carbons (Fsp3) is 0.462. The van der Waals surface area contributed by atoms with Crippen molar-refractivity contribution in [3.63, 3.8) is 0 Å². The Bertz CT molecular complexity index is 404. The smallest absolute Gasteiger partial charge is 0.195 e. The summed E-state index contributed by atoms with van der Waals surface area (Å²) >= 11 is 0. The molecule has 16 heavy (non-hydrogen) atoms. The molecule has 1 aromatic carbocycles. The highest BCUT2D eigenvalue weighted by Crippen LogP contribution is 2.26. The van der Waals surface area contributed by atoms with Crippen LogP contribution in [0.25, 0.3) is 0 Å². The molecule has 2 rings (SSSR count). The number of rotatable bonds is 1. The van der Waals surface area contributed by atoms with E-state index in [1.807, 2.05) is 4.90 Å². The second-order valence-electron chi connectivity index (χ2n) is 5.23. The molecule has 0 unspecified atom stereocenters. The highest BCUT2D eigenvalue weighted by Gasteiger charge is 2.20. The topological polar surface area (TPSA) is 39.1 Å². The minimum atomic E-state index is 0.158. The van der Waals surface area contributed by atoms with E-state index in [1.54, 1.807) is 0 Å². The van der Waals surface area contributed by atoms with Gasteiger partial charge in [0, 0.05) is 18.8 Å². The van der Waals surface area contributed by atoms with E-state index < -0.39 is 0 Å². The summed E-state index contributed by atoms with van der Waals surface area (Å²) in [6.07, 6.45) is 0. The number of nitrogens with zero attached hydrogens (tertiary/aromatic N) is 1. The SMILES string of the molecule is CC(C)(C)c1cccc(N2CCNC2=N)c1. The van der Waals surface area contributed by atoms with E-state index in [0.29, 0.717) is 5.96 Å². The van der Waals surface area contributed by atoms with Crippen LogP contribution in [0, 0.1) is 5.41 Å². The van der Waals surface area contributed by atoms with Crippen LogP contribution < -0.4 is 10.2 Å². The molecule has 0 radical (unpaired) electrons. The molecule has 0 bridgehead atoms. The average Bonchev–Trinajstić information content (AvgIpc) is 2.63. The first-order valence-corrected chi connectivity index (χ1v) is 5.69. The zero-order valence-corrected chi connectivity index (χ0v) is 10.2. The Labute approximate surface area is 97.0 Å². The van der Waals surface area contributed by atoms with E-state index in [2.05, 4.69) is 50.4 Å². The van der Waals surface area contributed by atoms with E-state index in [1.165, 1.54) is 5.56 Å². The molecule has 1 aliphatic rings. The Morgan fingerprint density at radius 3 is 2.62 bits per heavy atom. The van der Waals surface area contributed by atoms with Gasteiger partial charge in [-0.15, -0.1) is 0 Å². The molecule has 1 aromatic rings. The lowest BCUT2D eigenvalue weighted by atomic mass is 9.87. The summed E-state index contributed by atoms with van der Waals surface area (Å²) in [5, 5.41) is 10.8. The Balaban J connectivity index is 2.32. The second-order valence-corrected chi connectivity index (χ2v) is 5.23. The lowest BCUT2D eigenvalue weighted by molar-refractivity contribution is 0.590. The largest absolute Gasteiger partial charge is 0.354 e. The summed E-state index contributed by atoms with van der Waals surface area (Å²) in [5.41, 5.74) is 2.58. The van der Waals surface area contributed by atoms with Gasteiger partial charge in [0.05, 0.1) is 0 Å². The van der Waals surface area contributed by atoms with E-state index in [4.69, 9.17) is 5.41 Å². The first kappa shape index (κ1) is 11.0. The predicted octanol–water partition coefficient (Wildman–Crippen LogP) is 2.33. The van der Waals surface area contributed by atoms with Crippen molar-refractivity contribution < 1.29 is 0 Å². The zero-order chi connectivity index (χ0) is 11.8. The Kier molecular flexibility index (Phi) is 2.62. The summed E-state index contributed by atoms with van der Waals surface area (Å²) < 4.78 is 0. The fourth-order valence-corrected chi connectivity index (χ4v) is 1.89. The molecule has 0 aliphatic carbocycles. The van der Waals surface area contributed by atoms with Crippen molar-refractivity contribution in [2.24, 2.45) is 0 Å². The minimum Gasteiger partial charge on any atom is -0.354 e. The first-order valence-electron chi connectivity index (χ1n) is 5.69. The van der Waals surface area contributed by atoms with E-state index in [0.717, 1.165) is 18.8 Å². The monoisotopic (exact) mass is 217 g/mol. The van der Waals surface area contributed by atoms with Gasteiger partial charge in [0.15, 0.2) is 5.96 Å².